The third kappa shape index (κ3) is 3.80. The molecule has 1 amide bonds. The highest BCUT2D eigenvalue weighted by Crippen LogP contribution is 2.16. The maximum absolute atomic E-state index is 12.6. The van der Waals surface area contributed by atoms with E-state index in [1.807, 2.05) is 30.3 Å². The predicted octanol–water partition coefficient (Wildman–Crippen LogP) is 2.80. The number of carbonyl (C=O) groups is 2. The molecule has 3 rings (SSSR count). The van der Waals surface area contributed by atoms with E-state index < -0.39 is 17.9 Å². The first kappa shape index (κ1) is 17.4. The van der Waals surface area contributed by atoms with Crippen LogP contribution in [0.1, 0.15) is 33.2 Å². The van der Waals surface area contributed by atoms with Crippen molar-refractivity contribution in [3.05, 3.63) is 89.2 Å². The summed E-state index contributed by atoms with van der Waals surface area (Å²) in [5.41, 5.74) is 2.63. The van der Waals surface area contributed by atoms with Crippen molar-refractivity contribution in [3.63, 3.8) is 0 Å². The largest absolute Gasteiger partial charge is 0.479 e. The van der Waals surface area contributed by atoms with Gasteiger partial charge in [0, 0.05) is 5.69 Å². The highest BCUT2D eigenvalue weighted by Gasteiger charge is 2.24. The van der Waals surface area contributed by atoms with Crippen molar-refractivity contribution in [3.8, 4) is 0 Å². The second-order valence-corrected chi connectivity index (χ2v) is 5.94. The molecule has 1 heterocycles. The van der Waals surface area contributed by atoms with E-state index in [2.05, 4.69) is 10.4 Å². The zero-order valence-electron chi connectivity index (χ0n) is 14.3. The maximum Gasteiger partial charge on any atom is 0.330 e. The Bertz CT molecular complexity index is 905. The number of amides is 1. The molecule has 0 bridgehead atoms. The number of hydrogen-bond donors (Lipinski definition) is 2. The van der Waals surface area contributed by atoms with Crippen molar-refractivity contribution in [2.24, 2.45) is 0 Å². The molecule has 0 saturated heterocycles. The minimum Gasteiger partial charge on any atom is -0.479 e. The van der Waals surface area contributed by atoms with Crippen LogP contribution >= 0.6 is 0 Å². The number of hydrogen-bond acceptors (Lipinski definition) is 3. The van der Waals surface area contributed by atoms with Crippen molar-refractivity contribution in [2.45, 2.75) is 19.5 Å². The number of carboxylic acid groups (broad SMARTS) is 1. The lowest BCUT2D eigenvalue weighted by Crippen LogP contribution is -2.34. The Hall–Kier alpha value is -3.41. The molecular formula is C20H19N3O3. The van der Waals surface area contributed by atoms with Gasteiger partial charge in [0.15, 0.2) is 6.04 Å². The number of benzene rings is 2. The summed E-state index contributed by atoms with van der Waals surface area (Å²) in [6.45, 7) is 2.34. The van der Waals surface area contributed by atoms with E-state index in [9.17, 15) is 14.7 Å². The van der Waals surface area contributed by atoms with Gasteiger partial charge in [0.25, 0.3) is 5.91 Å². The number of carboxylic acids is 1. The summed E-state index contributed by atoms with van der Waals surface area (Å²) >= 11 is 0. The van der Waals surface area contributed by atoms with E-state index >= 15 is 0 Å². The van der Waals surface area contributed by atoms with Gasteiger partial charge in [-0.25, -0.2) is 4.79 Å². The van der Waals surface area contributed by atoms with Crippen molar-refractivity contribution in [1.29, 1.82) is 0 Å². The minimum absolute atomic E-state index is 0.364. The SMILES string of the molecule is Cc1c(C(=O)N[C@@H](C(=O)O)c2ccccc2)cnn1Cc1ccccc1. The Balaban J connectivity index is 1.78. The van der Waals surface area contributed by atoms with Crippen LogP contribution in [0.3, 0.4) is 0 Å². The second-order valence-electron chi connectivity index (χ2n) is 5.94. The van der Waals surface area contributed by atoms with Crippen molar-refractivity contribution >= 4 is 11.9 Å². The van der Waals surface area contributed by atoms with Gasteiger partial charge in [-0.15, -0.1) is 0 Å². The summed E-state index contributed by atoms with van der Waals surface area (Å²) in [6, 6.07) is 17.3. The molecule has 2 N–H and O–H groups in total. The molecule has 1 atom stereocenters. The van der Waals surface area contributed by atoms with E-state index in [1.54, 1.807) is 41.9 Å². The molecule has 6 nitrogen and oxygen atoms in total. The number of aromatic nitrogens is 2. The Kier molecular flexibility index (Phi) is 5.12. The van der Waals surface area contributed by atoms with Crippen LogP contribution in [0.4, 0.5) is 0 Å². The first-order valence-corrected chi connectivity index (χ1v) is 8.21. The molecule has 0 fully saturated rings. The Morgan fingerprint density at radius 2 is 1.69 bits per heavy atom. The summed E-state index contributed by atoms with van der Waals surface area (Å²) < 4.78 is 1.72. The molecule has 3 aromatic rings. The summed E-state index contributed by atoms with van der Waals surface area (Å²) in [5, 5.41) is 16.3. The Morgan fingerprint density at radius 1 is 1.08 bits per heavy atom. The summed E-state index contributed by atoms with van der Waals surface area (Å²) in [5.74, 6) is -1.57. The lowest BCUT2D eigenvalue weighted by Gasteiger charge is -2.14. The van der Waals surface area contributed by atoms with Crippen LogP contribution in [0.2, 0.25) is 0 Å². The van der Waals surface area contributed by atoms with Crippen molar-refractivity contribution in [2.75, 3.05) is 0 Å². The van der Waals surface area contributed by atoms with E-state index in [0.29, 0.717) is 23.4 Å². The van der Waals surface area contributed by atoms with Crippen molar-refractivity contribution < 1.29 is 14.7 Å². The van der Waals surface area contributed by atoms with Crippen LogP contribution in [-0.2, 0) is 11.3 Å². The summed E-state index contributed by atoms with van der Waals surface area (Å²) in [6.07, 6.45) is 1.47. The van der Waals surface area contributed by atoms with Gasteiger partial charge in [-0.1, -0.05) is 60.7 Å². The average Bonchev–Trinajstić information content (AvgIpc) is 3.01. The van der Waals surface area contributed by atoms with Gasteiger partial charge in [-0.3, -0.25) is 9.48 Å². The van der Waals surface area contributed by atoms with Crippen molar-refractivity contribution in [1.82, 2.24) is 15.1 Å². The number of nitrogens with zero attached hydrogens (tertiary/aromatic N) is 2. The summed E-state index contributed by atoms with van der Waals surface area (Å²) in [4.78, 5) is 24.2. The number of carbonyl (C=O) groups excluding carboxylic acids is 1. The quantitative estimate of drug-likeness (QED) is 0.717. The van der Waals surface area contributed by atoms with Crippen LogP contribution in [-0.4, -0.2) is 26.8 Å². The molecule has 0 aliphatic rings. The fourth-order valence-electron chi connectivity index (χ4n) is 2.73. The van der Waals surface area contributed by atoms with Crippen LogP contribution in [0.25, 0.3) is 0 Å². The normalized spacial score (nSPS) is 11.7. The molecule has 6 heteroatoms. The molecule has 0 radical (unpaired) electrons. The van der Waals surface area contributed by atoms with E-state index in [0.717, 1.165) is 5.56 Å². The highest BCUT2D eigenvalue weighted by molar-refractivity contribution is 5.97. The molecule has 0 aliphatic heterocycles. The Labute approximate surface area is 151 Å². The van der Waals surface area contributed by atoms with Gasteiger partial charge < -0.3 is 10.4 Å². The third-order valence-corrected chi connectivity index (χ3v) is 4.18. The minimum atomic E-state index is -1.11. The van der Waals surface area contributed by atoms with Crippen LogP contribution in [0.5, 0.6) is 0 Å². The lowest BCUT2D eigenvalue weighted by molar-refractivity contribution is -0.139. The number of rotatable bonds is 6. The Morgan fingerprint density at radius 3 is 2.31 bits per heavy atom. The van der Waals surface area contributed by atoms with Gasteiger partial charge in [0.05, 0.1) is 18.3 Å². The molecule has 0 spiro atoms. The zero-order valence-corrected chi connectivity index (χ0v) is 14.3. The third-order valence-electron chi connectivity index (χ3n) is 4.18. The van der Waals surface area contributed by atoms with E-state index in [4.69, 9.17) is 0 Å². The van der Waals surface area contributed by atoms with Crippen LogP contribution < -0.4 is 5.32 Å². The van der Waals surface area contributed by atoms with Gasteiger partial charge in [-0.2, -0.15) is 5.10 Å². The predicted molar refractivity (Wildman–Crippen MR) is 96.8 cm³/mol. The maximum atomic E-state index is 12.6. The van der Waals surface area contributed by atoms with E-state index in [-0.39, 0.29) is 0 Å². The fraction of sp³-hybridized carbons (Fsp3) is 0.150. The summed E-state index contributed by atoms with van der Waals surface area (Å²) in [7, 11) is 0. The molecule has 0 saturated carbocycles. The fourth-order valence-corrected chi connectivity index (χ4v) is 2.73. The zero-order chi connectivity index (χ0) is 18.5. The molecule has 0 aliphatic carbocycles. The molecule has 1 aromatic heterocycles. The monoisotopic (exact) mass is 349 g/mol. The van der Waals surface area contributed by atoms with Crippen LogP contribution in [0, 0.1) is 6.92 Å². The number of nitrogens with one attached hydrogen (secondary N) is 1. The first-order chi connectivity index (χ1) is 12.6. The second kappa shape index (κ2) is 7.65. The average molecular weight is 349 g/mol. The van der Waals surface area contributed by atoms with Crippen LogP contribution in [0.15, 0.2) is 66.9 Å². The first-order valence-electron chi connectivity index (χ1n) is 8.21. The molecule has 0 unspecified atom stereocenters. The van der Waals surface area contributed by atoms with Gasteiger partial charge in [0.2, 0.25) is 0 Å². The smallest absolute Gasteiger partial charge is 0.330 e. The molecule has 2 aromatic carbocycles. The van der Waals surface area contributed by atoms with Gasteiger partial charge >= 0.3 is 5.97 Å². The van der Waals surface area contributed by atoms with Gasteiger partial charge in [0.1, 0.15) is 0 Å². The van der Waals surface area contributed by atoms with E-state index in [1.165, 1.54) is 6.20 Å². The molecule has 26 heavy (non-hydrogen) atoms. The molecular weight excluding hydrogens is 330 g/mol. The number of aliphatic carboxylic acids is 1. The lowest BCUT2D eigenvalue weighted by atomic mass is 10.1. The highest BCUT2D eigenvalue weighted by atomic mass is 16.4. The standard InChI is InChI=1S/C20H19N3O3/c1-14-17(12-21-23(14)13-15-8-4-2-5-9-15)19(24)22-18(20(25)26)16-10-6-3-7-11-16/h2-12,18H,13H2,1H3,(H,22,24)(H,25,26)/t18-/m1/s1. The molecule has 132 valence electrons. The van der Waals surface area contributed by atoms with Gasteiger partial charge in [-0.05, 0) is 18.1 Å². The topological polar surface area (TPSA) is 84.2 Å².